The summed E-state index contributed by atoms with van der Waals surface area (Å²) in [6.07, 6.45) is 0.909. The maximum absolute atomic E-state index is 13.9. The Balaban J connectivity index is 1.70. The Morgan fingerprint density at radius 1 is 1.42 bits per heavy atom. The molecule has 0 aliphatic carbocycles. The molecule has 0 saturated carbocycles. The minimum atomic E-state index is -0.313. The van der Waals surface area contributed by atoms with Crippen LogP contribution in [0.3, 0.4) is 0 Å². The number of piperidine rings is 1. The topological polar surface area (TPSA) is 53.0 Å². The fraction of sp³-hybridized carbons (Fsp3) is 0.611. The zero-order valence-electron chi connectivity index (χ0n) is 14.1. The van der Waals surface area contributed by atoms with Crippen molar-refractivity contribution in [1.82, 2.24) is 9.80 Å². The lowest BCUT2D eigenvalue weighted by Crippen LogP contribution is -2.50. The smallest absolute Gasteiger partial charge is 0.248 e. The second kappa shape index (κ2) is 7.17. The van der Waals surface area contributed by atoms with E-state index in [4.69, 9.17) is 4.74 Å². The van der Waals surface area contributed by atoms with E-state index in [0.29, 0.717) is 37.7 Å². The Morgan fingerprint density at radius 2 is 2.21 bits per heavy atom. The van der Waals surface area contributed by atoms with Crippen molar-refractivity contribution >= 4 is 5.91 Å². The lowest BCUT2D eigenvalue weighted by Gasteiger charge is -2.43. The number of aliphatic hydroxyl groups is 1. The molecule has 0 spiro atoms. The highest BCUT2D eigenvalue weighted by Crippen LogP contribution is 2.42. The highest BCUT2D eigenvalue weighted by molar-refractivity contribution is 5.77. The number of benzene rings is 1. The van der Waals surface area contributed by atoms with Crippen LogP contribution in [0, 0.1) is 17.2 Å². The molecule has 2 fully saturated rings. The SMILES string of the molecule is COCC(=O)N1C[C@@H]2CCN(Cc3ccccc3F)C[C@]2(CO)C1. The minimum Gasteiger partial charge on any atom is -0.396 e. The predicted molar refractivity (Wildman–Crippen MR) is 87.8 cm³/mol. The molecule has 24 heavy (non-hydrogen) atoms. The second-order valence-electron chi connectivity index (χ2n) is 7.02. The number of likely N-dealkylation sites (tertiary alicyclic amines) is 2. The Morgan fingerprint density at radius 3 is 2.92 bits per heavy atom. The Labute approximate surface area is 142 Å². The Hall–Kier alpha value is -1.50. The van der Waals surface area contributed by atoms with Gasteiger partial charge in [-0.1, -0.05) is 18.2 Å². The van der Waals surface area contributed by atoms with Gasteiger partial charge in [-0.2, -0.15) is 0 Å². The van der Waals surface area contributed by atoms with Gasteiger partial charge >= 0.3 is 0 Å². The fourth-order valence-corrected chi connectivity index (χ4v) is 4.11. The molecule has 132 valence electrons. The number of carbonyl (C=O) groups is 1. The summed E-state index contributed by atoms with van der Waals surface area (Å²) < 4.78 is 18.8. The molecule has 1 aromatic carbocycles. The third kappa shape index (κ3) is 3.31. The number of methoxy groups -OCH3 is 1. The lowest BCUT2D eigenvalue weighted by atomic mass is 9.74. The minimum absolute atomic E-state index is 0.0274. The van der Waals surface area contributed by atoms with E-state index in [1.807, 2.05) is 6.07 Å². The summed E-state index contributed by atoms with van der Waals surface area (Å²) in [4.78, 5) is 16.1. The first kappa shape index (κ1) is 17.3. The van der Waals surface area contributed by atoms with Gasteiger partial charge in [0.15, 0.2) is 0 Å². The van der Waals surface area contributed by atoms with Gasteiger partial charge in [-0.3, -0.25) is 9.69 Å². The largest absolute Gasteiger partial charge is 0.396 e. The van der Waals surface area contributed by atoms with Crippen molar-refractivity contribution in [2.24, 2.45) is 11.3 Å². The molecule has 2 aliphatic rings. The van der Waals surface area contributed by atoms with Crippen LogP contribution in [0.25, 0.3) is 0 Å². The van der Waals surface area contributed by atoms with E-state index >= 15 is 0 Å². The van der Waals surface area contributed by atoms with Crippen molar-refractivity contribution in [1.29, 1.82) is 0 Å². The highest BCUT2D eigenvalue weighted by Gasteiger charge is 2.50. The van der Waals surface area contributed by atoms with Gasteiger partial charge in [0.2, 0.25) is 5.91 Å². The molecule has 0 radical (unpaired) electrons. The molecule has 1 N–H and O–H groups in total. The number of ether oxygens (including phenoxy) is 1. The van der Waals surface area contributed by atoms with Crippen molar-refractivity contribution in [2.75, 3.05) is 46.5 Å². The van der Waals surface area contributed by atoms with Crippen LogP contribution < -0.4 is 0 Å². The van der Waals surface area contributed by atoms with E-state index in [9.17, 15) is 14.3 Å². The van der Waals surface area contributed by atoms with Crippen LogP contribution in [0.2, 0.25) is 0 Å². The molecule has 3 rings (SSSR count). The van der Waals surface area contributed by atoms with Crippen molar-refractivity contribution in [2.45, 2.75) is 13.0 Å². The van der Waals surface area contributed by atoms with E-state index in [-0.39, 0.29) is 30.4 Å². The first-order valence-corrected chi connectivity index (χ1v) is 8.41. The monoisotopic (exact) mass is 336 g/mol. The van der Waals surface area contributed by atoms with Gasteiger partial charge in [0.05, 0.1) is 6.61 Å². The summed E-state index contributed by atoms with van der Waals surface area (Å²) in [6.45, 7) is 3.41. The van der Waals surface area contributed by atoms with Crippen LogP contribution in [0.5, 0.6) is 0 Å². The molecular weight excluding hydrogens is 311 g/mol. The summed E-state index contributed by atoms with van der Waals surface area (Å²) in [5.41, 5.74) is 0.363. The predicted octanol–water partition coefficient (Wildman–Crippen LogP) is 1.11. The van der Waals surface area contributed by atoms with Gasteiger partial charge in [0.25, 0.3) is 0 Å². The van der Waals surface area contributed by atoms with Crippen molar-refractivity contribution in [3.63, 3.8) is 0 Å². The van der Waals surface area contributed by atoms with Crippen LogP contribution in [0.4, 0.5) is 4.39 Å². The quantitative estimate of drug-likeness (QED) is 0.875. The van der Waals surface area contributed by atoms with Gasteiger partial charge in [-0.05, 0) is 24.9 Å². The standard InChI is InChI=1S/C18H25FN2O3/c1-24-10-17(23)21-9-15-6-7-20(11-18(15,12-21)13-22)8-14-4-2-3-5-16(14)19/h2-5,15,22H,6-13H2,1H3/t15-,18+/m0/s1. The molecule has 0 aromatic heterocycles. The third-order valence-electron chi connectivity index (χ3n) is 5.43. The third-order valence-corrected chi connectivity index (χ3v) is 5.43. The maximum Gasteiger partial charge on any atom is 0.248 e. The van der Waals surface area contributed by atoms with Gasteiger partial charge in [0.1, 0.15) is 12.4 Å². The molecule has 2 atom stereocenters. The molecule has 6 heteroatoms. The maximum atomic E-state index is 13.9. The fourth-order valence-electron chi connectivity index (χ4n) is 4.11. The number of carbonyl (C=O) groups excluding carboxylic acids is 1. The zero-order valence-corrected chi connectivity index (χ0v) is 14.1. The van der Waals surface area contributed by atoms with Gasteiger partial charge in [-0.15, -0.1) is 0 Å². The number of aliphatic hydroxyl groups excluding tert-OH is 1. The van der Waals surface area contributed by atoms with Crippen LogP contribution in [0.1, 0.15) is 12.0 Å². The van der Waals surface area contributed by atoms with Crippen LogP contribution in [-0.4, -0.2) is 67.3 Å². The van der Waals surface area contributed by atoms with Crippen LogP contribution >= 0.6 is 0 Å². The molecule has 1 amide bonds. The molecule has 5 nitrogen and oxygen atoms in total. The molecule has 0 bridgehead atoms. The summed E-state index contributed by atoms with van der Waals surface area (Å²) in [5.74, 6) is 0.0709. The number of hydrogen-bond donors (Lipinski definition) is 1. The number of hydrogen-bond acceptors (Lipinski definition) is 4. The van der Waals surface area contributed by atoms with Crippen molar-refractivity contribution in [3.8, 4) is 0 Å². The first-order chi connectivity index (χ1) is 11.6. The van der Waals surface area contributed by atoms with E-state index in [0.717, 1.165) is 13.0 Å². The number of fused-ring (bicyclic) bond motifs is 1. The number of amides is 1. The van der Waals surface area contributed by atoms with Gasteiger partial charge in [-0.25, -0.2) is 4.39 Å². The van der Waals surface area contributed by atoms with Crippen molar-refractivity contribution in [3.05, 3.63) is 35.6 Å². The summed E-state index contributed by atoms with van der Waals surface area (Å²) in [7, 11) is 1.51. The average molecular weight is 336 g/mol. The van der Waals surface area contributed by atoms with Gasteiger partial charge < -0.3 is 14.7 Å². The number of nitrogens with zero attached hydrogens (tertiary/aromatic N) is 2. The molecule has 2 heterocycles. The zero-order chi connectivity index (χ0) is 17.2. The molecule has 1 aromatic rings. The summed E-state index contributed by atoms with van der Waals surface area (Å²) in [5, 5.41) is 10.0. The lowest BCUT2D eigenvalue weighted by molar-refractivity contribution is -0.134. The van der Waals surface area contributed by atoms with E-state index in [1.165, 1.54) is 13.2 Å². The number of rotatable bonds is 5. The average Bonchev–Trinajstić information content (AvgIpc) is 2.97. The summed E-state index contributed by atoms with van der Waals surface area (Å²) in [6, 6.07) is 6.81. The molecule has 0 unspecified atom stereocenters. The normalized spacial score (nSPS) is 27.3. The Kier molecular flexibility index (Phi) is 5.18. The van der Waals surface area contributed by atoms with Crippen molar-refractivity contribution < 1.29 is 19.0 Å². The van der Waals surface area contributed by atoms with E-state index in [1.54, 1.807) is 17.0 Å². The molecular formula is C18H25FN2O3. The number of halogens is 1. The first-order valence-electron chi connectivity index (χ1n) is 8.41. The van der Waals surface area contributed by atoms with E-state index in [2.05, 4.69) is 4.90 Å². The Bertz CT molecular complexity index is 597. The van der Waals surface area contributed by atoms with E-state index < -0.39 is 0 Å². The van der Waals surface area contributed by atoms with Gasteiger partial charge in [0, 0.05) is 44.3 Å². The molecule has 2 aliphatic heterocycles. The highest BCUT2D eigenvalue weighted by atomic mass is 19.1. The molecule has 2 saturated heterocycles. The van der Waals surface area contributed by atoms with Crippen LogP contribution in [0.15, 0.2) is 24.3 Å². The second-order valence-corrected chi connectivity index (χ2v) is 7.02. The summed E-state index contributed by atoms with van der Waals surface area (Å²) >= 11 is 0. The van der Waals surface area contributed by atoms with Crippen LogP contribution in [-0.2, 0) is 16.1 Å².